The summed E-state index contributed by atoms with van der Waals surface area (Å²) in [6, 6.07) is 13.8. The second kappa shape index (κ2) is 6.86. The van der Waals surface area contributed by atoms with Crippen LogP contribution in [0.2, 0.25) is 0 Å². The van der Waals surface area contributed by atoms with Crippen molar-refractivity contribution >= 4 is 22.7 Å². The molecule has 1 aliphatic rings. The number of ether oxygens (including phenoxy) is 1. The van der Waals surface area contributed by atoms with Gasteiger partial charge in [-0.05, 0) is 35.7 Å². The summed E-state index contributed by atoms with van der Waals surface area (Å²) in [5.74, 6) is -2.71. The Labute approximate surface area is 163 Å². The Balaban J connectivity index is 1.66. The van der Waals surface area contributed by atoms with Crippen LogP contribution >= 0.6 is 0 Å². The third-order valence-electron chi connectivity index (χ3n) is 4.84. The molecule has 1 aromatic heterocycles. The first kappa shape index (κ1) is 18.3. The highest BCUT2D eigenvalue weighted by Crippen LogP contribution is 2.32. The number of carbonyl (C=O) groups excluding carboxylic acids is 1. The zero-order chi connectivity index (χ0) is 20.6. The monoisotopic (exact) mass is 394 g/mol. The number of benzene rings is 2. The van der Waals surface area contributed by atoms with Crippen molar-refractivity contribution in [2.24, 2.45) is 15.3 Å². The molecule has 0 aliphatic carbocycles. The number of cyclic esters (lactones) is 1. The van der Waals surface area contributed by atoms with Crippen molar-refractivity contribution < 1.29 is 13.9 Å². The molecule has 3 N–H and O–H groups in total. The predicted molar refractivity (Wildman–Crippen MR) is 99.0 cm³/mol. The molecule has 3 aromatic rings. The van der Waals surface area contributed by atoms with Crippen LogP contribution in [-0.2, 0) is 4.74 Å². The number of hydrogen-bond donors (Lipinski definition) is 3. The van der Waals surface area contributed by atoms with E-state index in [1.165, 1.54) is 6.07 Å². The number of carbonyl (C=O) groups is 1. The molecule has 1 amide bonds. The maximum absolute atomic E-state index is 14.9. The Hall–Kier alpha value is -4.02. The largest absolute Gasteiger partial charge is 0.437 e. The number of nitrogens with one attached hydrogen (secondary N) is 3. The molecule has 0 bridgehead atoms. The van der Waals surface area contributed by atoms with Crippen molar-refractivity contribution in [3.05, 3.63) is 60.5 Å². The molecule has 29 heavy (non-hydrogen) atoms. The molecule has 1 saturated heterocycles. The molecule has 0 radical (unpaired) electrons. The summed E-state index contributed by atoms with van der Waals surface area (Å²) in [5, 5.41) is 10.1. The zero-order valence-corrected chi connectivity index (χ0v) is 14.9. The molecule has 0 spiro atoms. The minimum atomic E-state index is -2.16. The van der Waals surface area contributed by atoms with E-state index >= 15 is 0 Å². The standard InChI is InChI=1S/C18H15FN8O2/c19-13-9-12(27-10-16(29-17(27)28)18(23-20,24-21)25-22)5-6-15(13)26-8-7-11-3-1-2-4-14(11)26/h1-9,16,20-22H,10H2. The Bertz CT molecular complexity index is 1120. The quantitative estimate of drug-likeness (QED) is 0.514. The van der Waals surface area contributed by atoms with E-state index in [9.17, 15) is 9.18 Å². The third kappa shape index (κ3) is 2.83. The molecule has 0 saturated carbocycles. The minimum Gasteiger partial charge on any atom is -0.437 e. The van der Waals surface area contributed by atoms with Gasteiger partial charge in [0.1, 0.15) is 5.82 Å². The predicted octanol–water partition coefficient (Wildman–Crippen LogP) is 4.84. The number of rotatable bonds is 6. The lowest BCUT2D eigenvalue weighted by Crippen LogP contribution is -2.39. The molecule has 1 fully saturated rings. The Morgan fingerprint density at radius 3 is 2.48 bits per heavy atom. The van der Waals surface area contributed by atoms with Gasteiger partial charge in [0.05, 0.1) is 23.4 Å². The fourth-order valence-electron chi connectivity index (χ4n) is 3.32. The van der Waals surface area contributed by atoms with Crippen LogP contribution in [-0.4, -0.2) is 29.1 Å². The number of nitrogens with zero attached hydrogens (tertiary/aromatic N) is 5. The van der Waals surface area contributed by atoms with Gasteiger partial charge in [0.15, 0.2) is 6.10 Å². The van der Waals surface area contributed by atoms with Crippen LogP contribution in [0.5, 0.6) is 0 Å². The topological polar surface area (TPSA) is 143 Å². The maximum atomic E-state index is 14.9. The molecule has 10 nitrogen and oxygen atoms in total. The highest BCUT2D eigenvalue weighted by Gasteiger charge is 2.49. The lowest BCUT2D eigenvalue weighted by molar-refractivity contribution is 0.0829. The number of hydrogen-bond acceptors (Lipinski definition) is 8. The SMILES string of the molecule is N=NC(N=N)(N=N)C1CN(c2ccc(-n3ccc4ccccc43)c(F)c2)C(=O)O1. The van der Waals surface area contributed by atoms with Crippen molar-refractivity contribution in [3.8, 4) is 5.69 Å². The Kier molecular flexibility index (Phi) is 4.34. The number of aromatic nitrogens is 1. The molecule has 146 valence electrons. The number of anilines is 1. The van der Waals surface area contributed by atoms with E-state index in [1.807, 2.05) is 30.3 Å². The first-order chi connectivity index (χ1) is 14.0. The number of fused-ring (bicyclic) bond motifs is 1. The molecular formula is C18H15FN8O2. The number of para-hydroxylation sites is 1. The molecule has 1 atom stereocenters. The van der Waals surface area contributed by atoms with Gasteiger partial charge in [0, 0.05) is 6.20 Å². The van der Waals surface area contributed by atoms with Crippen LogP contribution in [0.1, 0.15) is 0 Å². The summed E-state index contributed by atoms with van der Waals surface area (Å²) in [7, 11) is 0. The first-order valence-corrected chi connectivity index (χ1v) is 8.53. The van der Waals surface area contributed by atoms with E-state index in [4.69, 9.17) is 21.3 Å². The molecule has 1 aliphatic heterocycles. The maximum Gasteiger partial charge on any atom is 0.414 e. The van der Waals surface area contributed by atoms with Gasteiger partial charge in [-0.25, -0.2) is 25.8 Å². The zero-order valence-electron chi connectivity index (χ0n) is 14.9. The van der Waals surface area contributed by atoms with Crippen molar-refractivity contribution in [1.82, 2.24) is 4.57 Å². The van der Waals surface area contributed by atoms with Crippen molar-refractivity contribution in [3.63, 3.8) is 0 Å². The van der Waals surface area contributed by atoms with E-state index < -0.39 is 23.8 Å². The van der Waals surface area contributed by atoms with Gasteiger partial charge in [0.2, 0.25) is 0 Å². The second-order valence-electron chi connectivity index (χ2n) is 6.39. The van der Waals surface area contributed by atoms with E-state index in [1.54, 1.807) is 22.9 Å². The normalized spacial score (nSPS) is 18.3. The van der Waals surface area contributed by atoms with E-state index in [-0.39, 0.29) is 12.2 Å². The Morgan fingerprint density at radius 1 is 1.07 bits per heavy atom. The third-order valence-corrected chi connectivity index (χ3v) is 4.84. The van der Waals surface area contributed by atoms with Crippen LogP contribution in [0.3, 0.4) is 0 Å². The molecular weight excluding hydrogens is 379 g/mol. The molecule has 2 heterocycles. The van der Waals surface area contributed by atoms with Gasteiger partial charge >= 0.3 is 11.9 Å². The first-order valence-electron chi connectivity index (χ1n) is 8.53. The van der Waals surface area contributed by atoms with Gasteiger partial charge in [-0.3, -0.25) is 4.90 Å². The van der Waals surface area contributed by atoms with Crippen molar-refractivity contribution in [2.45, 2.75) is 11.9 Å². The van der Waals surface area contributed by atoms with E-state index in [2.05, 4.69) is 15.3 Å². The minimum absolute atomic E-state index is 0.183. The van der Waals surface area contributed by atoms with E-state index in [0.29, 0.717) is 5.69 Å². The summed E-state index contributed by atoms with van der Waals surface area (Å²) in [6.07, 6.45) is -0.300. The lowest BCUT2D eigenvalue weighted by atomic mass is 10.2. The summed E-state index contributed by atoms with van der Waals surface area (Å²) < 4.78 is 21.7. The van der Waals surface area contributed by atoms with Crippen molar-refractivity contribution in [2.75, 3.05) is 11.4 Å². The smallest absolute Gasteiger partial charge is 0.414 e. The fourth-order valence-corrected chi connectivity index (χ4v) is 3.32. The van der Waals surface area contributed by atoms with E-state index in [0.717, 1.165) is 15.8 Å². The second-order valence-corrected chi connectivity index (χ2v) is 6.39. The summed E-state index contributed by atoms with van der Waals surface area (Å²) >= 11 is 0. The van der Waals surface area contributed by atoms with Crippen LogP contribution in [0.4, 0.5) is 14.9 Å². The Morgan fingerprint density at radius 2 is 1.79 bits per heavy atom. The van der Waals surface area contributed by atoms with Gasteiger partial charge in [-0.15, -0.1) is 15.3 Å². The van der Waals surface area contributed by atoms with Gasteiger partial charge in [0.25, 0.3) is 0 Å². The summed E-state index contributed by atoms with van der Waals surface area (Å²) in [4.78, 5) is 13.4. The number of amides is 1. The molecule has 2 aromatic carbocycles. The average molecular weight is 394 g/mol. The average Bonchev–Trinajstić information content (AvgIpc) is 3.34. The lowest BCUT2D eigenvalue weighted by Gasteiger charge is -2.20. The molecule has 11 heteroatoms. The van der Waals surface area contributed by atoms with Gasteiger partial charge < -0.3 is 9.30 Å². The van der Waals surface area contributed by atoms with Crippen LogP contribution in [0.15, 0.2) is 70.1 Å². The molecule has 1 unspecified atom stereocenters. The highest BCUT2D eigenvalue weighted by molar-refractivity contribution is 5.90. The van der Waals surface area contributed by atoms with Crippen molar-refractivity contribution in [1.29, 1.82) is 16.6 Å². The number of halogens is 1. The van der Waals surface area contributed by atoms with Crippen LogP contribution in [0.25, 0.3) is 16.6 Å². The van der Waals surface area contributed by atoms with Crippen LogP contribution < -0.4 is 4.90 Å². The van der Waals surface area contributed by atoms with Gasteiger partial charge in [-0.2, -0.15) is 0 Å². The summed E-state index contributed by atoms with van der Waals surface area (Å²) in [6.45, 7) is -0.183. The summed E-state index contributed by atoms with van der Waals surface area (Å²) in [5.41, 5.74) is 22.8. The van der Waals surface area contributed by atoms with Crippen LogP contribution in [0, 0.1) is 22.4 Å². The fraction of sp³-hybridized carbons (Fsp3) is 0.167. The van der Waals surface area contributed by atoms with Gasteiger partial charge in [-0.1, -0.05) is 18.2 Å². The highest BCUT2D eigenvalue weighted by atomic mass is 19.1. The molecule has 4 rings (SSSR count).